The largest absolute Gasteiger partial charge is 0.494 e. The predicted octanol–water partition coefficient (Wildman–Crippen LogP) is 17.4. The summed E-state index contributed by atoms with van der Waals surface area (Å²) in [4.78, 5) is 25.9. The second-order valence-corrected chi connectivity index (χ2v) is 22.9. The van der Waals surface area contributed by atoms with E-state index in [1.807, 2.05) is 60.7 Å². The molecule has 3 aromatic carbocycles. The van der Waals surface area contributed by atoms with Gasteiger partial charge in [0, 0.05) is 12.8 Å². The van der Waals surface area contributed by atoms with Crippen molar-refractivity contribution in [3.8, 4) is 28.4 Å². The van der Waals surface area contributed by atoms with E-state index in [1.54, 1.807) is 17.7 Å². The number of unbranched alkanes of at least 4 members (excludes halogenated alkanes) is 10. The Morgan fingerprint density at radius 1 is 0.623 bits per heavy atom. The summed E-state index contributed by atoms with van der Waals surface area (Å²) in [5.41, 5.74) is 4.92. The van der Waals surface area contributed by atoms with Crippen molar-refractivity contribution in [2.45, 2.75) is 202 Å². The van der Waals surface area contributed by atoms with Crippen LogP contribution in [0.4, 0.5) is 0 Å². The number of benzene rings is 3. The molecule has 0 N–H and O–H groups in total. The third kappa shape index (κ3) is 14.3. The Balaban J connectivity index is 0.758. The maximum Gasteiger partial charge on any atom is 0.343 e. The summed E-state index contributed by atoms with van der Waals surface area (Å²) >= 11 is 0. The summed E-state index contributed by atoms with van der Waals surface area (Å²) in [6.07, 6.45) is 31.7. The molecule has 3 fully saturated rings. The highest BCUT2D eigenvalue weighted by molar-refractivity contribution is 5.91. The van der Waals surface area contributed by atoms with E-state index in [1.165, 1.54) is 109 Å². The van der Waals surface area contributed by atoms with Gasteiger partial charge in [-0.2, -0.15) is 0 Å². The first kappa shape index (κ1) is 52.8. The Morgan fingerprint density at radius 2 is 1.22 bits per heavy atom. The van der Waals surface area contributed by atoms with Crippen molar-refractivity contribution >= 4 is 11.9 Å². The smallest absolute Gasteiger partial charge is 0.343 e. The molecule has 3 aromatic rings. The van der Waals surface area contributed by atoms with Gasteiger partial charge >= 0.3 is 11.9 Å². The molecule has 8 atom stereocenters. The summed E-state index contributed by atoms with van der Waals surface area (Å²) in [5, 5.41) is 0. The van der Waals surface area contributed by atoms with E-state index >= 15 is 0 Å². The van der Waals surface area contributed by atoms with Crippen molar-refractivity contribution in [3.63, 3.8) is 0 Å². The molecule has 378 valence electrons. The number of rotatable bonds is 27. The molecule has 4 aliphatic carbocycles. The van der Waals surface area contributed by atoms with Gasteiger partial charge in [0.15, 0.2) is 0 Å². The Bertz CT molecular complexity index is 2050. The Labute approximate surface area is 418 Å². The van der Waals surface area contributed by atoms with Gasteiger partial charge in [-0.3, -0.25) is 4.79 Å². The second-order valence-electron chi connectivity index (χ2n) is 22.9. The Hall–Kier alpha value is -4.06. The fraction of sp³-hybridized carbons (Fsp3) is 0.651. The lowest BCUT2D eigenvalue weighted by atomic mass is 9.47. The van der Waals surface area contributed by atoms with Crippen LogP contribution in [0, 0.1) is 46.3 Å². The van der Waals surface area contributed by atoms with E-state index in [4.69, 9.17) is 18.9 Å². The van der Waals surface area contributed by atoms with Crippen LogP contribution in [0.15, 0.2) is 84.4 Å². The first-order valence-corrected chi connectivity index (χ1v) is 28.1. The highest BCUT2D eigenvalue weighted by atomic mass is 16.5. The standard InChI is InChI=1S/C63H90O6/c1-7-8-9-10-11-12-13-14-15-17-43-66-53-32-27-50(28-33-53)61(65)69-54-34-25-49(26-35-54)48-23-30-52(31-24-48)67-44-18-16-22-60(64)68-55-39-41-62(5)51(45-55)29-36-56-58-38-37-57(47(4)21-19-20-46(2)3)63(58,6)42-40-59(56)62/h23-35,46-47,55-59H,7-22,36-45H2,1-6H3/t47-,55+,56+,57-,58+,59+,62+,63-/m1/s1. The lowest BCUT2D eigenvalue weighted by molar-refractivity contribution is -0.151. The Morgan fingerprint density at radius 3 is 1.86 bits per heavy atom. The van der Waals surface area contributed by atoms with E-state index in [0.29, 0.717) is 36.4 Å². The quantitative estimate of drug-likeness (QED) is 0.0328. The monoisotopic (exact) mass is 943 g/mol. The zero-order valence-electron chi connectivity index (χ0n) is 43.9. The maximum atomic E-state index is 13.1. The van der Waals surface area contributed by atoms with Crippen molar-refractivity contribution in [1.82, 2.24) is 0 Å². The number of ether oxygens (including phenoxy) is 4. The van der Waals surface area contributed by atoms with Gasteiger partial charge < -0.3 is 18.9 Å². The molecule has 69 heavy (non-hydrogen) atoms. The number of fused-ring (bicyclic) bond motifs is 5. The molecule has 4 aliphatic rings. The number of hydrogen-bond acceptors (Lipinski definition) is 6. The van der Waals surface area contributed by atoms with Crippen LogP contribution >= 0.6 is 0 Å². The molecule has 0 radical (unpaired) electrons. The van der Waals surface area contributed by atoms with Crippen LogP contribution in [0.2, 0.25) is 0 Å². The highest BCUT2D eigenvalue weighted by Crippen LogP contribution is 2.67. The molecule has 7 rings (SSSR count). The Kier molecular flexibility index (Phi) is 19.8. The summed E-state index contributed by atoms with van der Waals surface area (Å²) in [6.45, 7) is 16.1. The zero-order valence-corrected chi connectivity index (χ0v) is 43.9. The molecular weight excluding hydrogens is 853 g/mol. The summed E-state index contributed by atoms with van der Waals surface area (Å²) in [7, 11) is 0. The first-order valence-electron chi connectivity index (χ1n) is 28.1. The molecule has 0 amide bonds. The molecule has 6 heteroatoms. The average Bonchev–Trinajstić information content (AvgIpc) is 3.71. The molecule has 0 unspecified atom stereocenters. The van der Waals surface area contributed by atoms with Gasteiger partial charge in [-0.15, -0.1) is 0 Å². The van der Waals surface area contributed by atoms with Gasteiger partial charge in [0.2, 0.25) is 0 Å². The SMILES string of the molecule is CCCCCCCCCCCCOc1ccc(C(=O)Oc2ccc(-c3ccc(OCCCCC(=O)O[C@H]4CC[C@@]5(C)C(=CC[C@H]6[C@@H]7CC[C@H]([C@H](C)CCCC(C)C)[C@@]7(C)CC[C@@H]65)C4)cc3)cc2)cc1. The topological polar surface area (TPSA) is 71.1 Å². The highest BCUT2D eigenvalue weighted by Gasteiger charge is 2.59. The molecule has 0 aromatic heterocycles. The molecule has 3 saturated carbocycles. The van der Waals surface area contributed by atoms with Gasteiger partial charge in [-0.05, 0) is 170 Å². The maximum absolute atomic E-state index is 13.1. The number of esters is 2. The van der Waals surface area contributed by atoms with Crippen LogP contribution in [-0.2, 0) is 9.53 Å². The number of hydrogen-bond donors (Lipinski definition) is 0. The van der Waals surface area contributed by atoms with Crippen molar-refractivity contribution in [2.24, 2.45) is 46.3 Å². The van der Waals surface area contributed by atoms with Crippen LogP contribution in [0.1, 0.15) is 206 Å². The molecule has 0 aliphatic heterocycles. The summed E-state index contributed by atoms with van der Waals surface area (Å²) in [6, 6.07) is 22.8. The van der Waals surface area contributed by atoms with Crippen molar-refractivity contribution in [2.75, 3.05) is 13.2 Å². The number of carbonyl (C=O) groups is 2. The third-order valence-corrected chi connectivity index (χ3v) is 17.7. The minimum Gasteiger partial charge on any atom is -0.494 e. The van der Waals surface area contributed by atoms with Gasteiger partial charge in [-0.25, -0.2) is 4.79 Å². The van der Waals surface area contributed by atoms with Gasteiger partial charge in [0.05, 0.1) is 18.8 Å². The first-order chi connectivity index (χ1) is 33.5. The van der Waals surface area contributed by atoms with Gasteiger partial charge in [0.25, 0.3) is 0 Å². The molecule has 6 nitrogen and oxygen atoms in total. The molecule has 0 heterocycles. The minimum absolute atomic E-state index is 0.0124. The normalized spacial score (nSPS) is 25.5. The predicted molar refractivity (Wildman–Crippen MR) is 283 cm³/mol. The average molecular weight is 943 g/mol. The van der Waals surface area contributed by atoms with Crippen molar-refractivity contribution in [1.29, 1.82) is 0 Å². The van der Waals surface area contributed by atoms with E-state index in [-0.39, 0.29) is 17.5 Å². The van der Waals surface area contributed by atoms with Gasteiger partial charge in [-0.1, -0.05) is 155 Å². The van der Waals surface area contributed by atoms with E-state index in [9.17, 15) is 9.59 Å². The number of carbonyl (C=O) groups excluding carboxylic acids is 2. The van der Waals surface area contributed by atoms with Crippen molar-refractivity contribution in [3.05, 3.63) is 90.0 Å². The second kappa shape index (κ2) is 25.9. The third-order valence-electron chi connectivity index (χ3n) is 17.7. The molecule has 0 bridgehead atoms. The molecule has 0 spiro atoms. The van der Waals surface area contributed by atoms with E-state index in [2.05, 4.69) is 47.6 Å². The van der Waals surface area contributed by atoms with Crippen LogP contribution in [0.5, 0.6) is 17.2 Å². The van der Waals surface area contributed by atoms with Crippen LogP contribution in [-0.4, -0.2) is 31.3 Å². The van der Waals surface area contributed by atoms with Crippen molar-refractivity contribution < 1.29 is 28.5 Å². The van der Waals surface area contributed by atoms with E-state index < -0.39 is 5.97 Å². The lowest BCUT2D eigenvalue weighted by Crippen LogP contribution is -2.51. The van der Waals surface area contributed by atoms with Gasteiger partial charge in [0.1, 0.15) is 23.4 Å². The number of allylic oxidation sites excluding steroid dienone is 1. The fourth-order valence-electron chi connectivity index (χ4n) is 13.7. The minimum atomic E-state index is -0.394. The van der Waals surface area contributed by atoms with Crippen LogP contribution in [0.3, 0.4) is 0 Å². The zero-order chi connectivity index (χ0) is 48.6. The lowest BCUT2D eigenvalue weighted by Gasteiger charge is -2.58. The molecular formula is C63H90O6. The molecule has 0 saturated heterocycles. The summed E-state index contributed by atoms with van der Waals surface area (Å²) in [5.74, 6) is 6.63. The van der Waals surface area contributed by atoms with Crippen LogP contribution < -0.4 is 14.2 Å². The van der Waals surface area contributed by atoms with E-state index in [0.717, 1.165) is 96.7 Å². The van der Waals surface area contributed by atoms with Crippen LogP contribution in [0.25, 0.3) is 11.1 Å². The summed E-state index contributed by atoms with van der Waals surface area (Å²) < 4.78 is 23.8. The fourth-order valence-corrected chi connectivity index (χ4v) is 13.7.